The Hall–Kier alpha value is -2.00. The highest BCUT2D eigenvalue weighted by molar-refractivity contribution is 6.31. The molecule has 0 unspecified atom stereocenters. The van der Waals surface area contributed by atoms with E-state index in [-0.39, 0.29) is 17.2 Å². The number of aryl methyl sites for hydroxylation is 2. The molecule has 0 spiro atoms. The fourth-order valence-electron chi connectivity index (χ4n) is 1.70. The molecule has 4 heteroatoms. The highest BCUT2D eigenvalue weighted by atomic mass is 35.5. The molecule has 0 saturated heterocycles. The molecule has 2 rings (SSSR count). The second-order valence-corrected chi connectivity index (χ2v) is 4.85. The van der Waals surface area contributed by atoms with Crippen LogP contribution in [0.3, 0.4) is 0 Å². The number of hydrogen-bond acceptors (Lipinski definition) is 2. The van der Waals surface area contributed by atoms with Gasteiger partial charge >= 0.3 is 0 Å². The van der Waals surface area contributed by atoms with Crippen LogP contribution in [-0.2, 0) is 0 Å². The van der Waals surface area contributed by atoms with Crippen molar-refractivity contribution in [3.8, 4) is 5.75 Å². The molecule has 0 bridgehead atoms. The van der Waals surface area contributed by atoms with Gasteiger partial charge in [0.15, 0.2) is 0 Å². The molecular weight excluding hydrogens is 262 g/mol. The number of amides is 1. The van der Waals surface area contributed by atoms with E-state index >= 15 is 0 Å². The van der Waals surface area contributed by atoms with Gasteiger partial charge in [0, 0.05) is 10.7 Å². The van der Waals surface area contributed by atoms with E-state index < -0.39 is 0 Å². The molecular formula is C15H14ClNO2. The van der Waals surface area contributed by atoms with Crippen molar-refractivity contribution in [2.45, 2.75) is 13.8 Å². The first-order valence-corrected chi connectivity index (χ1v) is 6.22. The number of anilines is 1. The van der Waals surface area contributed by atoms with Crippen molar-refractivity contribution < 1.29 is 9.90 Å². The van der Waals surface area contributed by atoms with Gasteiger partial charge in [0.1, 0.15) is 5.75 Å². The van der Waals surface area contributed by atoms with E-state index in [0.29, 0.717) is 10.7 Å². The van der Waals surface area contributed by atoms with E-state index in [1.54, 1.807) is 30.3 Å². The molecule has 0 saturated carbocycles. The Morgan fingerprint density at radius 1 is 1.16 bits per heavy atom. The van der Waals surface area contributed by atoms with Gasteiger partial charge in [0.25, 0.3) is 5.91 Å². The largest absolute Gasteiger partial charge is 0.507 e. The number of nitrogens with one attached hydrogen (secondary N) is 1. The van der Waals surface area contributed by atoms with Crippen LogP contribution in [0.25, 0.3) is 0 Å². The van der Waals surface area contributed by atoms with Gasteiger partial charge in [0.2, 0.25) is 0 Å². The predicted octanol–water partition coefficient (Wildman–Crippen LogP) is 3.91. The lowest BCUT2D eigenvalue weighted by Gasteiger charge is -2.08. The molecule has 0 aliphatic heterocycles. The minimum Gasteiger partial charge on any atom is -0.507 e. The van der Waals surface area contributed by atoms with E-state index in [4.69, 9.17) is 11.6 Å². The fraction of sp³-hybridized carbons (Fsp3) is 0.133. The zero-order chi connectivity index (χ0) is 14.0. The van der Waals surface area contributed by atoms with E-state index in [1.807, 2.05) is 19.9 Å². The van der Waals surface area contributed by atoms with E-state index in [9.17, 15) is 9.90 Å². The van der Waals surface area contributed by atoms with Crippen molar-refractivity contribution in [2.75, 3.05) is 5.32 Å². The first kappa shape index (κ1) is 13.4. The molecule has 0 radical (unpaired) electrons. The molecule has 0 atom stereocenters. The number of phenols is 1. The minimum atomic E-state index is -0.364. The molecule has 2 N–H and O–H groups in total. The topological polar surface area (TPSA) is 49.3 Å². The van der Waals surface area contributed by atoms with Crippen LogP contribution in [0.1, 0.15) is 21.5 Å². The summed E-state index contributed by atoms with van der Waals surface area (Å²) in [5.74, 6) is -0.395. The monoisotopic (exact) mass is 275 g/mol. The van der Waals surface area contributed by atoms with Gasteiger partial charge in [-0.3, -0.25) is 4.79 Å². The van der Waals surface area contributed by atoms with Crippen molar-refractivity contribution in [3.05, 3.63) is 58.1 Å². The van der Waals surface area contributed by atoms with E-state index in [1.165, 1.54) is 0 Å². The van der Waals surface area contributed by atoms with Gasteiger partial charge in [-0.1, -0.05) is 23.7 Å². The summed E-state index contributed by atoms with van der Waals surface area (Å²) in [4.78, 5) is 12.0. The molecule has 0 fully saturated rings. The standard InChI is InChI=1S/C15H14ClNO2/c1-9-3-6-12(14(18)7-9)15(19)17-11-5-4-10(2)13(16)8-11/h3-8,18H,1-2H3,(H,17,19). The van der Waals surface area contributed by atoms with Crippen LogP contribution >= 0.6 is 11.6 Å². The van der Waals surface area contributed by atoms with Crippen LogP contribution in [-0.4, -0.2) is 11.0 Å². The maximum atomic E-state index is 12.0. The second-order valence-electron chi connectivity index (χ2n) is 4.44. The molecule has 0 aliphatic rings. The first-order valence-electron chi connectivity index (χ1n) is 5.84. The summed E-state index contributed by atoms with van der Waals surface area (Å²) in [5.41, 5.74) is 2.67. The van der Waals surface area contributed by atoms with Crippen molar-refractivity contribution >= 4 is 23.2 Å². The third-order valence-corrected chi connectivity index (χ3v) is 3.23. The number of aromatic hydroxyl groups is 1. The lowest BCUT2D eigenvalue weighted by Crippen LogP contribution is -2.12. The van der Waals surface area contributed by atoms with Crippen LogP contribution in [0.2, 0.25) is 5.02 Å². The van der Waals surface area contributed by atoms with Crippen LogP contribution in [0.4, 0.5) is 5.69 Å². The Kier molecular flexibility index (Phi) is 3.76. The van der Waals surface area contributed by atoms with Gasteiger partial charge in [-0.05, 0) is 49.2 Å². The van der Waals surface area contributed by atoms with Gasteiger partial charge < -0.3 is 10.4 Å². The smallest absolute Gasteiger partial charge is 0.259 e. The molecule has 0 aliphatic carbocycles. The molecule has 2 aromatic carbocycles. The zero-order valence-electron chi connectivity index (χ0n) is 10.7. The summed E-state index contributed by atoms with van der Waals surface area (Å²) >= 11 is 5.99. The van der Waals surface area contributed by atoms with Gasteiger partial charge in [0.05, 0.1) is 5.56 Å². The highest BCUT2D eigenvalue weighted by Gasteiger charge is 2.11. The SMILES string of the molecule is Cc1ccc(C(=O)Nc2ccc(C)c(Cl)c2)c(O)c1. The summed E-state index contributed by atoms with van der Waals surface area (Å²) in [6, 6.07) is 10.2. The second kappa shape index (κ2) is 5.33. The number of carbonyl (C=O) groups is 1. The average Bonchev–Trinajstić information content (AvgIpc) is 2.33. The lowest BCUT2D eigenvalue weighted by molar-refractivity contribution is 0.102. The number of rotatable bonds is 2. The molecule has 3 nitrogen and oxygen atoms in total. The summed E-state index contributed by atoms with van der Waals surface area (Å²) < 4.78 is 0. The minimum absolute atomic E-state index is 0.0318. The third kappa shape index (κ3) is 3.06. The number of halogens is 1. The van der Waals surface area contributed by atoms with Gasteiger partial charge in [-0.15, -0.1) is 0 Å². The maximum Gasteiger partial charge on any atom is 0.259 e. The number of carbonyl (C=O) groups excluding carboxylic acids is 1. The average molecular weight is 276 g/mol. The predicted molar refractivity (Wildman–Crippen MR) is 77.0 cm³/mol. The summed E-state index contributed by atoms with van der Waals surface area (Å²) in [6.07, 6.45) is 0. The molecule has 0 heterocycles. The van der Waals surface area contributed by atoms with E-state index in [2.05, 4.69) is 5.32 Å². The van der Waals surface area contributed by atoms with Crippen LogP contribution in [0, 0.1) is 13.8 Å². The Morgan fingerprint density at radius 3 is 2.53 bits per heavy atom. The van der Waals surface area contributed by atoms with Crippen molar-refractivity contribution in [2.24, 2.45) is 0 Å². The number of phenolic OH excluding ortho intramolecular Hbond substituents is 1. The molecule has 19 heavy (non-hydrogen) atoms. The van der Waals surface area contributed by atoms with Crippen LogP contribution < -0.4 is 5.32 Å². The summed E-state index contributed by atoms with van der Waals surface area (Å²) in [7, 11) is 0. The molecule has 1 amide bonds. The molecule has 0 aromatic heterocycles. The third-order valence-electron chi connectivity index (χ3n) is 2.83. The Labute approximate surface area is 116 Å². The molecule has 98 valence electrons. The van der Waals surface area contributed by atoms with Gasteiger partial charge in [-0.2, -0.15) is 0 Å². The Balaban J connectivity index is 2.23. The van der Waals surface area contributed by atoms with Crippen molar-refractivity contribution in [1.29, 1.82) is 0 Å². The highest BCUT2D eigenvalue weighted by Crippen LogP contribution is 2.23. The Bertz CT molecular complexity index is 638. The normalized spacial score (nSPS) is 10.3. The zero-order valence-corrected chi connectivity index (χ0v) is 11.5. The quantitative estimate of drug-likeness (QED) is 0.873. The molecule has 2 aromatic rings. The van der Waals surface area contributed by atoms with Crippen LogP contribution in [0.5, 0.6) is 5.75 Å². The number of benzene rings is 2. The van der Waals surface area contributed by atoms with Crippen LogP contribution in [0.15, 0.2) is 36.4 Å². The number of hydrogen-bond donors (Lipinski definition) is 2. The fourth-order valence-corrected chi connectivity index (χ4v) is 1.88. The van der Waals surface area contributed by atoms with Gasteiger partial charge in [-0.25, -0.2) is 0 Å². The maximum absolute atomic E-state index is 12.0. The van der Waals surface area contributed by atoms with E-state index in [0.717, 1.165) is 11.1 Å². The lowest BCUT2D eigenvalue weighted by atomic mass is 10.1. The summed E-state index contributed by atoms with van der Waals surface area (Å²) in [6.45, 7) is 3.74. The van der Waals surface area contributed by atoms with Crippen molar-refractivity contribution in [3.63, 3.8) is 0 Å². The first-order chi connectivity index (χ1) is 8.97. The van der Waals surface area contributed by atoms with Crippen molar-refractivity contribution in [1.82, 2.24) is 0 Å². The summed E-state index contributed by atoms with van der Waals surface area (Å²) in [5, 5.41) is 13.0. The Morgan fingerprint density at radius 2 is 1.89 bits per heavy atom.